The van der Waals surface area contributed by atoms with E-state index in [1.165, 1.54) is 40.2 Å². The van der Waals surface area contributed by atoms with Gasteiger partial charge in [-0.15, -0.1) is 0 Å². The minimum Gasteiger partial charge on any atom is -0.355 e. The Morgan fingerprint density at radius 3 is 2.68 bits per heavy atom. The summed E-state index contributed by atoms with van der Waals surface area (Å²) in [4.78, 5) is 3.49. The SMILES string of the molecule is CC1(c2ccc3[nH]c4ccccc4c3c2)CCCN1. The summed E-state index contributed by atoms with van der Waals surface area (Å²) in [6.07, 6.45) is 2.49. The summed E-state index contributed by atoms with van der Waals surface area (Å²) in [6, 6.07) is 15.4. The Balaban J connectivity index is 1.97. The fourth-order valence-electron chi connectivity index (χ4n) is 3.33. The maximum Gasteiger partial charge on any atom is 0.0465 e. The summed E-state index contributed by atoms with van der Waals surface area (Å²) in [5.74, 6) is 0. The Morgan fingerprint density at radius 1 is 1.00 bits per heavy atom. The van der Waals surface area contributed by atoms with Gasteiger partial charge in [0.1, 0.15) is 0 Å². The van der Waals surface area contributed by atoms with E-state index in [1.807, 2.05) is 0 Å². The van der Waals surface area contributed by atoms with E-state index in [0.29, 0.717) is 0 Å². The second-order valence-electron chi connectivity index (χ2n) is 5.79. The Morgan fingerprint density at radius 2 is 1.84 bits per heavy atom. The van der Waals surface area contributed by atoms with Crippen LogP contribution in [0.25, 0.3) is 21.8 Å². The number of H-pyrrole nitrogens is 1. The number of para-hydroxylation sites is 1. The highest BCUT2D eigenvalue weighted by atomic mass is 15.0. The average Bonchev–Trinajstić information content (AvgIpc) is 3.02. The molecule has 3 aromatic rings. The summed E-state index contributed by atoms with van der Waals surface area (Å²) < 4.78 is 0. The van der Waals surface area contributed by atoms with Gasteiger partial charge in [-0.25, -0.2) is 0 Å². The quantitative estimate of drug-likeness (QED) is 0.673. The fraction of sp³-hybridized carbons (Fsp3) is 0.294. The molecule has 1 atom stereocenters. The molecule has 0 aliphatic carbocycles. The van der Waals surface area contributed by atoms with E-state index in [1.54, 1.807) is 0 Å². The van der Waals surface area contributed by atoms with Crippen molar-refractivity contribution in [2.45, 2.75) is 25.3 Å². The van der Waals surface area contributed by atoms with Crippen LogP contribution in [0.2, 0.25) is 0 Å². The Labute approximate surface area is 112 Å². The topological polar surface area (TPSA) is 27.8 Å². The predicted octanol–water partition coefficient (Wildman–Crippen LogP) is 3.92. The molecule has 0 amide bonds. The molecule has 0 saturated carbocycles. The van der Waals surface area contributed by atoms with Crippen LogP contribution >= 0.6 is 0 Å². The van der Waals surface area contributed by atoms with Crippen LogP contribution in [0.3, 0.4) is 0 Å². The molecule has 4 rings (SSSR count). The second-order valence-corrected chi connectivity index (χ2v) is 5.79. The summed E-state index contributed by atoms with van der Waals surface area (Å²) in [5.41, 5.74) is 4.00. The van der Waals surface area contributed by atoms with Gasteiger partial charge in [-0.2, -0.15) is 0 Å². The van der Waals surface area contributed by atoms with Crippen molar-refractivity contribution in [1.29, 1.82) is 0 Å². The van der Waals surface area contributed by atoms with Crippen LogP contribution in [0.15, 0.2) is 42.5 Å². The third-order valence-electron chi connectivity index (χ3n) is 4.51. The van der Waals surface area contributed by atoms with Gasteiger partial charge in [0.2, 0.25) is 0 Å². The first-order chi connectivity index (χ1) is 9.26. The van der Waals surface area contributed by atoms with Crippen LogP contribution in [0.1, 0.15) is 25.3 Å². The van der Waals surface area contributed by atoms with E-state index in [9.17, 15) is 0 Å². The number of nitrogens with one attached hydrogen (secondary N) is 2. The molecule has 1 aliphatic rings. The number of hydrogen-bond donors (Lipinski definition) is 2. The largest absolute Gasteiger partial charge is 0.355 e. The molecule has 1 fully saturated rings. The molecule has 1 aromatic heterocycles. The number of aromatic nitrogens is 1. The third kappa shape index (κ3) is 1.60. The van der Waals surface area contributed by atoms with Gasteiger partial charge < -0.3 is 10.3 Å². The van der Waals surface area contributed by atoms with Crippen LogP contribution in [-0.2, 0) is 5.54 Å². The fourth-order valence-corrected chi connectivity index (χ4v) is 3.33. The molecule has 0 radical (unpaired) electrons. The number of benzene rings is 2. The van der Waals surface area contributed by atoms with Crippen LogP contribution in [-0.4, -0.2) is 11.5 Å². The van der Waals surface area contributed by atoms with Crippen molar-refractivity contribution in [3.8, 4) is 0 Å². The van der Waals surface area contributed by atoms with E-state index < -0.39 is 0 Å². The minimum atomic E-state index is 0.145. The first-order valence-corrected chi connectivity index (χ1v) is 7.02. The predicted molar refractivity (Wildman–Crippen MR) is 80.4 cm³/mol. The summed E-state index contributed by atoms with van der Waals surface area (Å²) >= 11 is 0. The number of rotatable bonds is 1. The molecule has 1 unspecified atom stereocenters. The molecule has 1 aliphatic heterocycles. The molecule has 2 N–H and O–H groups in total. The Kier molecular flexibility index (Phi) is 2.24. The lowest BCUT2D eigenvalue weighted by molar-refractivity contribution is 0.435. The summed E-state index contributed by atoms with van der Waals surface area (Å²) in [5, 5.41) is 6.30. The second kappa shape index (κ2) is 3.84. The van der Waals surface area contributed by atoms with Crippen molar-refractivity contribution < 1.29 is 0 Å². The highest BCUT2D eigenvalue weighted by Crippen LogP contribution is 2.34. The van der Waals surface area contributed by atoms with Crippen molar-refractivity contribution in [2.75, 3.05) is 6.54 Å². The molecule has 0 bridgehead atoms. The monoisotopic (exact) mass is 250 g/mol. The van der Waals surface area contributed by atoms with Crippen LogP contribution in [0.5, 0.6) is 0 Å². The van der Waals surface area contributed by atoms with Gasteiger partial charge in [0.05, 0.1) is 0 Å². The van der Waals surface area contributed by atoms with Crippen LogP contribution in [0, 0.1) is 0 Å². The molecule has 2 nitrogen and oxygen atoms in total. The number of hydrogen-bond acceptors (Lipinski definition) is 1. The van der Waals surface area contributed by atoms with Crippen molar-refractivity contribution in [1.82, 2.24) is 10.3 Å². The van der Waals surface area contributed by atoms with Crippen LogP contribution in [0.4, 0.5) is 0 Å². The van der Waals surface area contributed by atoms with E-state index >= 15 is 0 Å². The first kappa shape index (κ1) is 11.1. The highest BCUT2D eigenvalue weighted by Gasteiger charge is 2.30. The lowest BCUT2D eigenvalue weighted by atomic mass is 9.89. The molecular formula is C17H18N2. The zero-order valence-electron chi connectivity index (χ0n) is 11.2. The highest BCUT2D eigenvalue weighted by molar-refractivity contribution is 6.07. The maximum atomic E-state index is 3.64. The number of aromatic amines is 1. The normalized spacial score (nSPS) is 23.4. The van der Waals surface area contributed by atoms with Gasteiger partial charge in [-0.05, 0) is 50.1 Å². The standard InChI is InChI=1S/C17H18N2/c1-17(9-4-10-18-17)12-7-8-16-14(11-12)13-5-2-3-6-15(13)19-16/h2-3,5-8,11,18-19H,4,9-10H2,1H3. The van der Waals surface area contributed by atoms with E-state index in [0.717, 1.165) is 6.54 Å². The van der Waals surface area contributed by atoms with Gasteiger partial charge in [-0.1, -0.05) is 24.3 Å². The van der Waals surface area contributed by atoms with Crippen molar-refractivity contribution in [3.05, 3.63) is 48.0 Å². The van der Waals surface area contributed by atoms with E-state index in [2.05, 4.69) is 59.7 Å². The Hall–Kier alpha value is -1.80. The molecule has 0 spiro atoms. The van der Waals surface area contributed by atoms with Crippen molar-refractivity contribution >= 4 is 21.8 Å². The summed E-state index contributed by atoms with van der Waals surface area (Å²) in [6.45, 7) is 3.44. The lowest BCUT2D eigenvalue weighted by Crippen LogP contribution is -2.32. The van der Waals surface area contributed by atoms with Gasteiger partial charge in [0.15, 0.2) is 0 Å². The molecule has 2 aromatic carbocycles. The van der Waals surface area contributed by atoms with Gasteiger partial charge in [-0.3, -0.25) is 0 Å². The Bertz CT molecular complexity index is 748. The number of fused-ring (bicyclic) bond motifs is 3. The van der Waals surface area contributed by atoms with Crippen molar-refractivity contribution in [3.63, 3.8) is 0 Å². The zero-order chi connectivity index (χ0) is 12.9. The van der Waals surface area contributed by atoms with Crippen molar-refractivity contribution in [2.24, 2.45) is 0 Å². The maximum absolute atomic E-state index is 3.64. The van der Waals surface area contributed by atoms with Gasteiger partial charge >= 0.3 is 0 Å². The van der Waals surface area contributed by atoms with E-state index in [4.69, 9.17) is 0 Å². The smallest absolute Gasteiger partial charge is 0.0465 e. The molecule has 2 heterocycles. The van der Waals surface area contributed by atoms with E-state index in [-0.39, 0.29) is 5.54 Å². The van der Waals surface area contributed by atoms with Gasteiger partial charge in [0.25, 0.3) is 0 Å². The first-order valence-electron chi connectivity index (χ1n) is 7.02. The zero-order valence-corrected chi connectivity index (χ0v) is 11.2. The lowest BCUT2D eigenvalue weighted by Gasteiger charge is -2.25. The molecule has 2 heteroatoms. The molecular weight excluding hydrogens is 232 g/mol. The van der Waals surface area contributed by atoms with Crippen LogP contribution < -0.4 is 5.32 Å². The summed E-state index contributed by atoms with van der Waals surface area (Å²) in [7, 11) is 0. The molecule has 19 heavy (non-hydrogen) atoms. The molecule has 1 saturated heterocycles. The average molecular weight is 250 g/mol. The van der Waals surface area contributed by atoms with Gasteiger partial charge in [0, 0.05) is 27.3 Å². The molecule has 96 valence electrons. The third-order valence-corrected chi connectivity index (χ3v) is 4.51. The minimum absolute atomic E-state index is 0.145.